The lowest BCUT2D eigenvalue weighted by Gasteiger charge is -2.25. The molecule has 2 aromatic heterocycles. The maximum Gasteiger partial charge on any atom is 0.289 e. The van der Waals surface area contributed by atoms with Crippen LogP contribution in [0.25, 0.3) is 11.4 Å². The van der Waals surface area contributed by atoms with Crippen molar-refractivity contribution in [1.82, 2.24) is 30.6 Å². The lowest BCUT2D eigenvalue weighted by Crippen LogP contribution is -2.42. The molecule has 0 atom stereocenters. The van der Waals surface area contributed by atoms with Crippen LogP contribution in [0.4, 0.5) is 5.13 Å². The Hall–Kier alpha value is -3.29. The average Bonchev–Trinajstić information content (AvgIpc) is 3.49. The Morgan fingerprint density at radius 3 is 2.73 bits per heavy atom. The van der Waals surface area contributed by atoms with Crippen LogP contribution in [0.5, 0.6) is 5.75 Å². The minimum Gasteiger partial charge on any atom is -0.497 e. The number of hydrogen-bond donors (Lipinski definition) is 3. The van der Waals surface area contributed by atoms with Crippen LogP contribution >= 0.6 is 23.6 Å². The van der Waals surface area contributed by atoms with E-state index in [1.807, 2.05) is 24.3 Å². The summed E-state index contributed by atoms with van der Waals surface area (Å²) in [5.41, 5.74) is 5.91. The van der Waals surface area contributed by atoms with Crippen molar-refractivity contribution in [3.8, 4) is 17.1 Å². The van der Waals surface area contributed by atoms with Crippen molar-refractivity contribution in [2.45, 2.75) is 13.0 Å². The number of hydrogen-bond acceptors (Lipinski definition) is 9. The Balaban J connectivity index is 1.30. The van der Waals surface area contributed by atoms with Crippen molar-refractivity contribution in [2.24, 2.45) is 0 Å². The van der Waals surface area contributed by atoms with Crippen molar-refractivity contribution in [2.75, 3.05) is 38.3 Å². The van der Waals surface area contributed by atoms with Gasteiger partial charge in [-0.3, -0.25) is 30.1 Å². The molecular formula is C20H23N7O4S2. The van der Waals surface area contributed by atoms with E-state index in [0.29, 0.717) is 23.8 Å². The van der Waals surface area contributed by atoms with Crippen molar-refractivity contribution < 1.29 is 19.1 Å². The SMILES string of the molecule is COc1ccc(-c2n[nH]c(=S)n2CCC(=O)NNC(=O)c2csc(N3CCOCC3)n2)cc1. The Morgan fingerprint density at radius 1 is 1.24 bits per heavy atom. The molecule has 3 N–H and O–H groups in total. The predicted octanol–water partition coefficient (Wildman–Crippen LogP) is 1.76. The smallest absolute Gasteiger partial charge is 0.289 e. The molecule has 0 spiro atoms. The first-order valence-corrected chi connectivity index (χ1v) is 11.5. The summed E-state index contributed by atoms with van der Waals surface area (Å²) in [6.45, 7) is 3.03. The fourth-order valence-corrected chi connectivity index (χ4v) is 4.30. The number of ether oxygens (including phenoxy) is 2. The number of nitrogens with zero attached hydrogens (tertiary/aromatic N) is 4. The van der Waals surface area contributed by atoms with Crippen molar-refractivity contribution >= 4 is 40.5 Å². The highest BCUT2D eigenvalue weighted by atomic mass is 32.1. The summed E-state index contributed by atoms with van der Waals surface area (Å²) in [5.74, 6) is 0.498. The van der Waals surface area contributed by atoms with E-state index in [1.54, 1.807) is 17.1 Å². The Bertz CT molecular complexity index is 1170. The summed E-state index contributed by atoms with van der Waals surface area (Å²) >= 11 is 6.68. The highest BCUT2D eigenvalue weighted by Gasteiger charge is 2.18. The number of aromatic amines is 1. The molecule has 0 aliphatic carbocycles. The number of rotatable bonds is 7. The van der Waals surface area contributed by atoms with Crippen LogP contribution in [0.3, 0.4) is 0 Å². The normalized spacial score (nSPS) is 13.5. The van der Waals surface area contributed by atoms with Gasteiger partial charge in [-0.2, -0.15) is 5.10 Å². The second-order valence-electron chi connectivity index (χ2n) is 7.10. The molecule has 174 valence electrons. The van der Waals surface area contributed by atoms with Gasteiger partial charge in [0.15, 0.2) is 15.7 Å². The molecule has 2 amide bonds. The van der Waals surface area contributed by atoms with E-state index in [9.17, 15) is 9.59 Å². The molecule has 33 heavy (non-hydrogen) atoms. The topological polar surface area (TPSA) is 126 Å². The minimum atomic E-state index is -0.474. The van der Waals surface area contributed by atoms with E-state index < -0.39 is 5.91 Å². The van der Waals surface area contributed by atoms with Crippen LogP contribution in [-0.2, 0) is 16.1 Å². The van der Waals surface area contributed by atoms with Crippen LogP contribution < -0.4 is 20.5 Å². The molecular weight excluding hydrogens is 466 g/mol. The molecule has 1 saturated heterocycles. The molecule has 0 saturated carbocycles. The van der Waals surface area contributed by atoms with Crippen LogP contribution in [0.1, 0.15) is 16.9 Å². The molecule has 1 aliphatic heterocycles. The summed E-state index contributed by atoms with van der Waals surface area (Å²) in [6, 6.07) is 7.37. The third kappa shape index (κ3) is 5.56. The summed E-state index contributed by atoms with van der Waals surface area (Å²) in [4.78, 5) is 31.1. The lowest BCUT2D eigenvalue weighted by atomic mass is 10.2. The van der Waals surface area contributed by atoms with Gasteiger partial charge in [0, 0.05) is 37.0 Å². The van der Waals surface area contributed by atoms with E-state index in [0.717, 1.165) is 29.5 Å². The zero-order valence-corrected chi connectivity index (χ0v) is 19.5. The number of hydrazine groups is 1. The lowest BCUT2D eigenvalue weighted by molar-refractivity contribution is -0.122. The number of nitrogens with one attached hydrogen (secondary N) is 3. The van der Waals surface area contributed by atoms with Crippen LogP contribution in [-0.4, -0.2) is 65.0 Å². The van der Waals surface area contributed by atoms with E-state index in [1.165, 1.54) is 11.3 Å². The Labute approximate surface area is 198 Å². The summed E-state index contributed by atoms with van der Waals surface area (Å²) < 4.78 is 12.6. The van der Waals surface area contributed by atoms with Crippen LogP contribution in [0.15, 0.2) is 29.6 Å². The van der Waals surface area contributed by atoms with Crippen LogP contribution in [0.2, 0.25) is 0 Å². The van der Waals surface area contributed by atoms with Gasteiger partial charge >= 0.3 is 0 Å². The number of thiazole rings is 1. The average molecular weight is 490 g/mol. The van der Waals surface area contributed by atoms with Crippen LogP contribution in [0, 0.1) is 4.77 Å². The first-order chi connectivity index (χ1) is 16.0. The van der Waals surface area contributed by atoms with Gasteiger partial charge in [-0.05, 0) is 36.5 Å². The van der Waals surface area contributed by atoms with E-state index in [-0.39, 0.29) is 24.6 Å². The third-order valence-electron chi connectivity index (χ3n) is 4.99. The molecule has 1 aliphatic rings. The number of aromatic nitrogens is 4. The number of amides is 2. The van der Waals surface area contributed by atoms with Gasteiger partial charge in [-0.1, -0.05) is 0 Å². The third-order valence-corrected chi connectivity index (χ3v) is 6.20. The van der Waals surface area contributed by atoms with Crippen molar-refractivity contribution in [3.05, 3.63) is 40.1 Å². The number of methoxy groups -OCH3 is 1. The number of morpholine rings is 1. The quantitative estimate of drug-likeness (QED) is 0.339. The minimum absolute atomic E-state index is 0.0906. The van der Waals surface area contributed by atoms with Gasteiger partial charge in [-0.15, -0.1) is 11.3 Å². The standard InChI is InChI=1S/C20H23N7O4S2/c1-30-14-4-2-13(3-5-14)17-23-25-19(32)27(17)7-6-16(28)22-24-18(29)15-12-33-20(21-15)26-8-10-31-11-9-26/h2-5,12H,6-11H2,1H3,(H,22,28)(H,24,29)(H,25,32). The molecule has 3 heterocycles. The first kappa shape index (κ1) is 22.9. The molecule has 0 radical (unpaired) electrons. The largest absolute Gasteiger partial charge is 0.497 e. The zero-order valence-electron chi connectivity index (χ0n) is 17.9. The van der Waals surface area contributed by atoms with Crippen molar-refractivity contribution in [1.29, 1.82) is 0 Å². The number of H-pyrrole nitrogens is 1. The highest BCUT2D eigenvalue weighted by molar-refractivity contribution is 7.71. The van der Waals surface area contributed by atoms with Gasteiger partial charge < -0.3 is 14.4 Å². The van der Waals surface area contributed by atoms with E-state index in [4.69, 9.17) is 21.7 Å². The molecule has 0 bridgehead atoms. The summed E-state index contributed by atoms with van der Waals surface area (Å²) in [7, 11) is 1.60. The second-order valence-corrected chi connectivity index (χ2v) is 8.32. The molecule has 4 rings (SSSR count). The molecule has 3 aromatic rings. The number of benzene rings is 1. The first-order valence-electron chi connectivity index (χ1n) is 10.2. The highest BCUT2D eigenvalue weighted by Crippen LogP contribution is 2.22. The van der Waals surface area contributed by atoms with Crippen molar-refractivity contribution in [3.63, 3.8) is 0 Å². The summed E-state index contributed by atoms with van der Waals surface area (Å²) in [5, 5.41) is 9.44. The van der Waals surface area contributed by atoms with Gasteiger partial charge in [-0.25, -0.2) is 4.98 Å². The van der Waals surface area contributed by atoms with E-state index in [2.05, 4.69) is 30.9 Å². The van der Waals surface area contributed by atoms with Gasteiger partial charge in [0.1, 0.15) is 11.4 Å². The molecule has 1 aromatic carbocycles. The fraction of sp³-hybridized carbons (Fsp3) is 0.350. The molecule has 13 heteroatoms. The molecule has 1 fully saturated rings. The van der Waals surface area contributed by atoms with Gasteiger partial charge in [0.05, 0.1) is 20.3 Å². The van der Waals surface area contributed by atoms with Gasteiger partial charge in [0.25, 0.3) is 5.91 Å². The second kappa shape index (κ2) is 10.6. The maximum absolute atomic E-state index is 12.4. The van der Waals surface area contributed by atoms with Gasteiger partial charge in [0.2, 0.25) is 5.91 Å². The monoisotopic (exact) mass is 489 g/mol. The summed E-state index contributed by atoms with van der Waals surface area (Å²) in [6.07, 6.45) is 0.0906. The zero-order chi connectivity index (χ0) is 23.2. The Kier molecular flexibility index (Phi) is 7.32. The number of anilines is 1. The predicted molar refractivity (Wildman–Crippen MR) is 125 cm³/mol. The number of carbonyl (C=O) groups excluding carboxylic acids is 2. The number of carbonyl (C=O) groups is 2. The maximum atomic E-state index is 12.4. The van der Waals surface area contributed by atoms with E-state index >= 15 is 0 Å². The fourth-order valence-electron chi connectivity index (χ4n) is 3.22. The molecule has 11 nitrogen and oxygen atoms in total. The Morgan fingerprint density at radius 2 is 2.00 bits per heavy atom. The molecule has 0 unspecified atom stereocenters.